The first-order valence-corrected chi connectivity index (χ1v) is 10.2. The molecule has 2 aromatic rings. The number of hydrogen-bond donors (Lipinski definition) is 1. The lowest BCUT2D eigenvalue weighted by molar-refractivity contribution is -0.124. The first-order valence-electron chi connectivity index (χ1n) is 10.2. The van der Waals surface area contributed by atoms with Gasteiger partial charge in [0, 0.05) is 0 Å². The van der Waals surface area contributed by atoms with Crippen LogP contribution in [-0.2, 0) is 16.0 Å². The number of benzene rings is 2. The molecule has 0 unspecified atom stereocenters. The largest absolute Gasteiger partial charge is 0.493 e. The Balaban J connectivity index is 1.89. The van der Waals surface area contributed by atoms with Gasteiger partial charge >= 0.3 is 5.97 Å². The van der Waals surface area contributed by atoms with E-state index in [4.69, 9.17) is 14.2 Å². The molecule has 1 N–H and O–H groups in total. The van der Waals surface area contributed by atoms with Crippen LogP contribution in [0.25, 0.3) is 0 Å². The molecular weight excluding hydrogens is 382 g/mol. The van der Waals surface area contributed by atoms with Gasteiger partial charge in [-0.25, -0.2) is 4.79 Å². The predicted octanol–water partition coefficient (Wildman–Crippen LogP) is 4.33. The van der Waals surface area contributed by atoms with Gasteiger partial charge in [-0.2, -0.15) is 0 Å². The summed E-state index contributed by atoms with van der Waals surface area (Å²) in [7, 11) is 1.53. The molecule has 6 nitrogen and oxygen atoms in total. The average molecular weight is 414 g/mol. The van der Waals surface area contributed by atoms with E-state index in [1.165, 1.54) is 12.7 Å². The van der Waals surface area contributed by atoms with Gasteiger partial charge in [0.05, 0.1) is 25.3 Å². The number of esters is 1. The van der Waals surface area contributed by atoms with Crippen molar-refractivity contribution >= 4 is 11.9 Å². The maximum absolute atomic E-state index is 12.3. The minimum absolute atomic E-state index is 0.185. The summed E-state index contributed by atoms with van der Waals surface area (Å²) in [5, 5.41) is 2.85. The van der Waals surface area contributed by atoms with E-state index in [0.29, 0.717) is 29.6 Å². The van der Waals surface area contributed by atoms with E-state index < -0.39 is 5.97 Å². The maximum Gasteiger partial charge on any atom is 0.338 e. The topological polar surface area (TPSA) is 73.9 Å². The molecule has 0 radical (unpaired) electrons. The minimum Gasteiger partial charge on any atom is -0.493 e. The second-order valence-corrected chi connectivity index (χ2v) is 7.50. The van der Waals surface area contributed by atoms with Crippen LogP contribution in [0.1, 0.15) is 55.2 Å². The van der Waals surface area contributed by atoms with Crippen LogP contribution in [0.4, 0.5) is 0 Å². The van der Waals surface area contributed by atoms with Crippen LogP contribution >= 0.6 is 0 Å². The molecule has 0 aliphatic rings. The monoisotopic (exact) mass is 413 g/mol. The molecule has 0 spiro atoms. The fraction of sp³-hybridized carbons (Fsp3) is 0.417. The first kappa shape index (κ1) is 23.3. The maximum atomic E-state index is 12.3. The molecule has 0 aromatic heterocycles. The lowest BCUT2D eigenvalue weighted by atomic mass is 10.00. The summed E-state index contributed by atoms with van der Waals surface area (Å²) in [6.45, 7) is 8.18. The van der Waals surface area contributed by atoms with Crippen LogP contribution in [0.5, 0.6) is 11.5 Å². The van der Waals surface area contributed by atoms with E-state index in [1.807, 2.05) is 26.0 Å². The van der Waals surface area contributed by atoms with Crippen LogP contribution in [-0.4, -0.2) is 32.2 Å². The molecule has 2 aromatic carbocycles. The highest BCUT2D eigenvalue weighted by Gasteiger charge is 2.15. The number of carbonyl (C=O) groups is 2. The summed E-state index contributed by atoms with van der Waals surface area (Å²) in [4.78, 5) is 24.5. The molecule has 0 bridgehead atoms. The number of carbonyl (C=O) groups excluding carboxylic acids is 2. The molecule has 0 heterocycles. The highest BCUT2D eigenvalue weighted by Crippen LogP contribution is 2.28. The summed E-state index contributed by atoms with van der Waals surface area (Å²) in [6.07, 6.45) is 1.02. The standard InChI is InChI=1S/C24H31NO5/c1-6-29-22-14-20(11-12-21(22)28-5)24(27)30-15-23(26)25-17(4)19-9-7-18(8-10-19)13-16(2)3/h7-12,14,16-17H,6,13,15H2,1-5H3,(H,25,26)/t17-/m0/s1. The SMILES string of the molecule is CCOc1cc(C(=O)OCC(=O)N[C@@H](C)c2ccc(CC(C)C)cc2)ccc1OC. The molecule has 2 rings (SSSR count). The normalized spacial score (nSPS) is 11.7. The Kier molecular flexibility index (Phi) is 8.71. The fourth-order valence-corrected chi connectivity index (χ4v) is 3.07. The van der Waals surface area contributed by atoms with E-state index in [0.717, 1.165) is 12.0 Å². The zero-order valence-electron chi connectivity index (χ0n) is 18.4. The van der Waals surface area contributed by atoms with Gasteiger partial charge in [0.25, 0.3) is 5.91 Å². The van der Waals surface area contributed by atoms with Crippen molar-refractivity contribution in [2.24, 2.45) is 5.92 Å². The van der Waals surface area contributed by atoms with Crippen LogP contribution in [0.15, 0.2) is 42.5 Å². The second kappa shape index (κ2) is 11.2. The number of amides is 1. The summed E-state index contributed by atoms with van der Waals surface area (Å²) in [5.74, 6) is 0.617. The van der Waals surface area contributed by atoms with Crippen LogP contribution in [0.3, 0.4) is 0 Å². The quantitative estimate of drug-likeness (QED) is 0.587. The van der Waals surface area contributed by atoms with Gasteiger partial charge in [-0.3, -0.25) is 4.79 Å². The molecule has 6 heteroatoms. The molecule has 0 fully saturated rings. The van der Waals surface area contributed by atoms with E-state index in [9.17, 15) is 9.59 Å². The Labute approximate surface area is 178 Å². The van der Waals surface area contributed by atoms with Gasteiger partial charge in [-0.05, 0) is 55.5 Å². The van der Waals surface area contributed by atoms with E-state index in [1.54, 1.807) is 18.2 Å². The zero-order valence-corrected chi connectivity index (χ0v) is 18.4. The highest BCUT2D eigenvalue weighted by molar-refractivity contribution is 5.92. The van der Waals surface area contributed by atoms with Gasteiger partial charge in [0.2, 0.25) is 0 Å². The van der Waals surface area contributed by atoms with Crippen molar-refractivity contribution in [3.05, 3.63) is 59.2 Å². The number of nitrogens with one attached hydrogen (secondary N) is 1. The van der Waals surface area contributed by atoms with Crippen LogP contribution < -0.4 is 14.8 Å². The van der Waals surface area contributed by atoms with Crippen molar-refractivity contribution < 1.29 is 23.8 Å². The first-order chi connectivity index (χ1) is 14.3. The smallest absolute Gasteiger partial charge is 0.338 e. The van der Waals surface area contributed by atoms with E-state index >= 15 is 0 Å². The number of rotatable bonds is 10. The zero-order chi connectivity index (χ0) is 22.1. The summed E-state index contributed by atoms with van der Waals surface area (Å²) in [5.41, 5.74) is 2.56. The van der Waals surface area contributed by atoms with Gasteiger partial charge in [-0.15, -0.1) is 0 Å². The third-order valence-electron chi connectivity index (χ3n) is 4.53. The van der Waals surface area contributed by atoms with Crippen molar-refractivity contribution in [2.75, 3.05) is 20.3 Å². The molecule has 0 aliphatic carbocycles. The predicted molar refractivity (Wildman–Crippen MR) is 116 cm³/mol. The Bertz CT molecular complexity index is 845. The molecule has 0 aliphatic heterocycles. The Morgan fingerprint density at radius 2 is 1.70 bits per heavy atom. The molecular formula is C24H31NO5. The Morgan fingerprint density at radius 3 is 2.30 bits per heavy atom. The average Bonchev–Trinajstić information content (AvgIpc) is 2.72. The van der Waals surface area contributed by atoms with Crippen LogP contribution in [0.2, 0.25) is 0 Å². The summed E-state index contributed by atoms with van der Waals surface area (Å²) < 4.78 is 15.8. The second-order valence-electron chi connectivity index (χ2n) is 7.50. The van der Waals surface area contributed by atoms with Crippen molar-refractivity contribution in [3.63, 3.8) is 0 Å². The van der Waals surface area contributed by atoms with Crippen molar-refractivity contribution in [1.29, 1.82) is 0 Å². The van der Waals surface area contributed by atoms with E-state index in [-0.39, 0.29) is 18.6 Å². The fourth-order valence-electron chi connectivity index (χ4n) is 3.07. The number of hydrogen-bond acceptors (Lipinski definition) is 5. The van der Waals surface area contributed by atoms with Gasteiger partial charge in [0.1, 0.15) is 0 Å². The number of ether oxygens (including phenoxy) is 3. The van der Waals surface area contributed by atoms with Gasteiger partial charge in [0.15, 0.2) is 18.1 Å². The molecule has 0 saturated carbocycles. The lowest BCUT2D eigenvalue weighted by Gasteiger charge is -2.15. The molecule has 1 amide bonds. The summed E-state index contributed by atoms with van der Waals surface area (Å²) >= 11 is 0. The van der Waals surface area contributed by atoms with Gasteiger partial charge < -0.3 is 19.5 Å². The molecule has 162 valence electrons. The van der Waals surface area contributed by atoms with Gasteiger partial charge in [-0.1, -0.05) is 38.1 Å². The van der Waals surface area contributed by atoms with Crippen molar-refractivity contribution in [2.45, 2.75) is 40.2 Å². The Morgan fingerprint density at radius 1 is 1.00 bits per heavy atom. The third-order valence-corrected chi connectivity index (χ3v) is 4.53. The number of methoxy groups -OCH3 is 1. The minimum atomic E-state index is -0.598. The molecule has 1 atom stereocenters. The lowest BCUT2D eigenvalue weighted by Crippen LogP contribution is -2.31. The highest BCUT2D eigenvalue weighted by atomic mass is 16.5. The van der Waals surface area contributed by atoms with Crippen LogP contribution in [0, 0.1) is 5.92 Å². The molecule has 0 saturated heterocycles. The van der Waals surface area contributed by atoms with Crippen molar-refractivity contribution in [1.82, 2.24) is 5.32 Å². The Hall–Kier alpha value is -3.02. The molecule has 30 heavy (non-hydrogen) atoms. The van der Waals surface area contributed by atoms with E-state index in [2.05, 4.69) is 31.3 Å². The van der Waals surface area contributed by atoms with Crippen molar-refractivity contribution in [3.8, 4) is 11.5 Å². The summed E-state index contributed by atoms with van der Waals surface area (Å²) in [6, 6.07) is 12.8. The third kappa shape index (κ3) is 6.79.